The number of amides is 1. The van der Waals surface area contributed by atoms with Crippen LogP contribution in [0.15, 0.2) is 77.2 Å². The van der Waals surface area contributed by atoms with E-state index in [0.717, 1.165) is 29.3 Å². The van der Waals surface area contributed by atoms with E-state index in [2.05, 4.69) is 26.8 Å². The first-order chi connectivity index (χ1) is 23.0. The van der Waals surface area contributed by atoms with Crippen molar-refractivity contribution in [1.29, 1.82) is 5.26 Å². The Morgan fingerprint density at radius 3 is 2.54 bits per heavy atom. The molecule has 3 atom stereocenters. The molecule has 0 aliphatic carbocycles. The smallest absolute Gasteiger partial charge is 0.412 e. The highest BCUT2D eigenvalue weighted by Crippen LogP contribution is 2.41. The van der Waals surface area contributed by atoms with E-state index in [1.54, 1.807) is 49.6 Å². The van der Waals surface area contributed by atoms with E-state index in [1.165, 1.54) is 22.7 Å². The van der Waals surface area contributed by atoms with Gasteiger partial charge in [-0.05, 0) is 48.9 Å². The first kappa shape index (κ1) is 40.0. The summed E-state index contributed by atoms with van der Waals surface area (Å²) in [5, 5.41) is 35.4. The summed E-state index contributed by atoms with van der Waals surface area (Å²) >= 11 is 1.26. The third-order valence-corrected chi connectivity index (χ3v) is 8.90. The number of hydrogen-bond donors (Lipinski definition) is 3. The largest absolute Gasteiger partial charge is 1.00 e. The molecule has 0 saturated heterocycles. The average molecular weight is 744 g/mol. The maximum atomic E-state index is 15.3. The Balaban J connectivity index is 0.00000338. The Labute approximate surface area is 305 Å². The summed E-state index contributed by atoms with van der Waals surface area (Å²) in [6.07, 6.45) is -0.249. The van der Waals surface area contributed by atoms with Gasteiger partial charge in [-0.2, -0.15) is 5.26 Å². The first-order valence-electron chi connectivity index (χ1n) is 15.3. The first-order valence-corrected chi connectivity index (χ1v) is 16.2. The van der Waals surface area contributed by atoms with Crippen molar-refractivity contribution in [3.05, 3.63) is 105 Å². The van der Waals surface area contributed by atoms with Gasteiger partial charge < -0.3 is 27.6 Å². The highest BCUT2D eigenvalue weighted by Gasteiger charge is 2.46. The van der Waals surface area contributed by atoms with Crippen LogP contribution in [0.5, 0.6) is 0 Å². The summed E-state index contributed by atoms with van der Waals surface area (Å²) in [7, 11) is 0. The number of ether oxygens (including phenoxy) is 1. The van der Waals surface area contributed by atoms with E-state index in [4.69, 9.17) is 15.0 Å². The number of amidine groups is 1. The molecule has 10 nitrogen and oxygen atoms in total. The third kappa shape index (κ3) is 9.41. The Bertz CT molecular complexity index is 1880. The summed E-state index contributed by atoms with van der Waals surface area (Å²) in [6, 6.07) is 19.5. The van der Waals surface area contributed by atoms with Crippen LogP contribution in [0, 0.1) is 23.0 Å². The van der Waals surface area contributed by atoms with Crippen LogP contribution in [0.3, 0.4) is 0 Å². The van der Waals surface area contributed by atoms with Crippen LogP contribution in [0.25, 0.3) is 11.3 Å². The number of nitriles is 1. The number of aliphatic hydroxyl groups is 1. The van der Waals surface area contributed by atoms with Crippen molar-refractivity contribution < 1.29 is 35.8 Å². The molecular weight excluding hydrogens is 707 g/mol. The lowest BCUT2D eigenvalue weighted by molar-refractivity contribution is -0.00830. The number of carbonyl (C=O) groups is 1. The van der Waals surface area contributed by atoms with Crippen LogP contribution >= 0.6 is 23.7 Å². The maximum Gasteiger partial charge on any atom is 0.412 e. The molecule has 1 aromatic heterocycles. The zero-order chi connectivity index (χ0) is 34.4. The molecule has 1 unspecified atom stereocenters. The van der Waals surface area contributed by atoms with E-state index in [9.17, 15) is 14.3 Å². The van der Waals surface area contributed by atoms with Gasteiger partial charge in [-0.3, -0.25) is 5.32 Å². The Hall–Kier alpha value is -4.45. The van der Waals surface area contributed by atoms with Crippen molar-refractivity contribution >= 4 is 47.7 Å². The summed E-state index contributed by atoms with van der Waals surface area (Å²) in [5.74, 6) is -2.20. The molecule has 1 aliphatic heterocycles. The second-order valence-corrected chi connectivity index (χ2v) is 12.6. The Morgan fingerprint density at radius 1 is 1.12 bits per heavy atom. The number of para-hydroxylation sites is 1. The number of rotatable bonds is 12. The van der Waals surface area contributed by atoms with Crippen molar-refractivity contribution in [2.45, 2.75) is 57.9 Å². The molecule has 15 heteroatoms. The second-order valence-electron chi connectivity index (χ2n) is 11.7. The van der Waals surface area contributed by atoms with Crippen molar-refractivity contribution in [3.63, 3.8) is 0 Å². The van der Waals surface area contributed by atoms with Gasteiger partial charge in [0.15, 0.2) is 6.10 Å². The van der Waals surface area contributed by atoms with E-state index in [-0.39, 0.29) is 48.8 Å². The molecule has 3 N–H and O–H groups in total. The summed E-state index contributed by atoms with van der Waals surface area (Å²) in [4.78, 5) is 21.8. The van der Waals surface area contributed by atoms with Gasteiger partial charge in [0, 0.05) is 45.8 Å². The van der Waals surface area contributed by atoms with Gasteiger partial charge in [-0.15, -0.1) is 28.8 Å². The van der Waals surface area contributed by atoms with Crippen LogP contribution < -0.4 is 28.0 Å². The predicted octanol–water partition coefficient (Wildman–Crippen LogP) is 3.51. The molecule has 0 bridgehead atoms. The van der Waals surface area contributed by atoms with Crippen LogP contribution in [0.1, 0.15) is 55.3 Å². The van der Waals surface area contributed by atoms with E-state index < -0.39 is 35.4 Å². The lowest BCUT2D eigenvalue weighted by Gasteiger charge is -2.33. The molecule has 0 saturated carbocycles. The Morgan fingerprint density at radius 2 is 1.84 bits per heavy atom. The molecule has 263 valence electrons. The number of carbonyl (C=O) groups excluding carboxylic acids is 1. The Kier molecular flexibility index (Phi) is 14.0. The third-order valence-electron chi connectivity index (χ3n) is 7.87. The summed E-state index contributed by atoms with van der Waals surface area (Å²) in [6.45, 7) is 7.58. The zero-order valence-electron chi connectivity index (χ0n) is 27.6. The number of aliphatic imine (C=N–C) groups is 1. The molecule has 1 radical (unpaired) electrons. The van der Waals surface area contributed by atoms with Crippen molar-refractivity contribution in [3.8, 4) is 17.3 Å². The molecule has 3 aromatic carbocycles. The van der Waals surface area contributed by atoms with Gasteiger partial charge in [0.2, 0.25) is 0 Å². The monoisotopic (exact) mass is 742 g/mol. The molecule has 2 heterocycles. The maximum absolute atomic E-state index is 15.3. The fourth-order valence-corrected chi connectivity index (χ4v) is 6.08. The SMILES string of the molecule is CC(C)NCc1ccccc1NC(=O)OC(C)C1=NN(C[C@](O)(c2cc(F)ccc2F)[C@@H](C)c2nc(-c3ccc(C#N)cc3)cs2)C=[N+]1.Cl.[Cl-]. The lowest BCUT2D eigenvalue weighted by atomic mass is 9.81. The molecule has 4 aromatic rings. The number of anilines is 1. The molecule has 5 rings (SSSR count). The molecule has 0 spiro atoms. The molecule has 1 aliphatic rings. The average Bonchev–Trinajstić information content (AvgIpc) is 3.75. The number of benzene rings is 3. The van der Waals surface area contributed by atoms with Gasteiger partial charge in [0.1, 0.15) is 23.8 Å². The lowest BCUT2D eigenvalue weighted by Crippen LogP contribution is -3.00. The van der Waals surface area contributed by atoms with E-state index >= 15 is 4.39 Å². The van der Waals surface area contributed by atoms with Crippen LogP contribution in [0.2, 0.25) is 0 Å². The van der Waals surface area contributed by atoms with Gasteiger partial charge >= 0.3 is 11.9 Å². The number of halogens is 4. The van der Waals surface area contributed by atoms with Crippen molar-refractivity contribution in [1.82, 2.24) is 20.3 Å². The van der Waals surface area contributed by atoms with Crippen LogP contribution in [0.4, 0.5) is 19.3 Å². The number of thiazole rings is 1. The number of nitrogens with zero attached hydrogens (tertiary/aromatic N) is 5. The zero-order valence-corrected chi connectivity index (χ0v) is 30.0. The van der Waals surface area contributed by atoms with Crippen molar-refractivity contribution in [2.24, 2.45) is 5.10 Å². The second kappa shape index (κ2) is 17.5. The highest BCUT2D eigenvalue weighted by molar-refractivity contribution is 7.10. The quantitative estimate of drug-likeness (QED) is 0.202. The summed E-state index contributed by atoms with van der Waals surface area (Å²) < 4.78 is 35.3. The normalized spacial score (nSPS) is 14.5. The molecule has 50 heavy (non-hydrogen) atoms. The van der Waals surface area contributed by atoms with Crippen molar-refractivity contribution in [2.75, 3.05) is 11.9 Å². The minimum Gasteiger partial charge on any atom is -1.00 e. The number of hydrazone groups is 1. The van der Waals surface area contributed by atoms with E-state index in [1.807, 2.05) is 32.0 Å². The fourth-order valence-electron chi connectivity index (χ4n) is 5.11. The molecule has 1 amide bonds. The molecular formula is C35H36Cl2F2N7O3S. The number of nitrogens with one attached hydrogen (secondary N) is 2. The van der Waals surface area contributed by atoms with E-state index in [0.29, 0.717) is 28.5 Å². The topological polar surface area (TPSA) is 137 Å². The minimum atomic E-state index is -2.02. The van der Waals surface area contributed by atoms with Crippen LogP contribution in [-0.2, 0) is 16.9 Å². The highest BCUT2D eigenvalue weighted by atomic mass is 35.5. The fraction of sp³-hybridized carbons (Fsp3) is 0.286. The standard InChI is InChI=1S/C35H35F2N7O3S.2ClH/c1-21(2)39-17-26-7-5-6-8-30(26)42-34(45)47-23(4)32-40-20-44(43-32)19-35(46,28-15-27(36)13-14-29(28)37)22(3)33-41-31(18-48-33)25-11-9-24(16-38)10-12-25;;/h5-15,18,20-23,39,46H,17,19H2,1-4H3,(H,42,45);2*1H/q+1;;/p-1/t22-,23?,35+;;/m0../s1. The number of β-amino-alcohol motifs (C(OH)–C–C–N with tert-alkyl or cyclic N) is 1. The number of aromatic nitrogens is 1. The van der Waals surface area contributed by atoms with Gasteiger partial charge in [0.25, 0.3) is 6.34 Å². The van der Waals surface area contributed by atoms with Crippen LogP contribution in [-0.4, -0.2) is 52.1 Å². The minimum absolute atomic E-state index is 0. The number of hydrogen-bond acceptors (Lipinski definition) is 10. The summed E-state index contributed by atoms with van der Waals surface area (Å²) in [5.41, 5.74) is 1.08. The molecule has 0 fully saturated rings. The predicted molar refractivity (Wildman–Crippen MR) is 189 cm³/mol. The van der Waals surface area contributed by atoms with Gasteiger partial charge in [-0.1, -0.05) is 56.1 Å². The van der Waals surface area contributed by atoms with Gasteiger partial charge in [0.05, 0.1) is 22.3 Å². The van der Waals surface area contributed by atoms with Gasteiger partial charge in [-0.25, -0.2) is 18.6 Å².